The first kappa shape index (κ1) is 28.5. The molecule has 0 spiro atoms. The van der Waals surface area contributed by atoms with E-state index in [1.807, 2.05) is 0 Å². The minimum absolute atomic E-state index is 0.136. The molecule has 1 nitrogen and oxygen atoms in total. The molecule has 3 rings (SSSR count). The topological polar surface area (TPSA) is 23.8 Å². The number of hydrogen-bond donors (Lipinski definition) is 0. The maximum absolute atomic E-state index is 9.96. The SMILES string of the molecule is CCCCCCCC1(CCC(C#N)Cc2ccc(-c3ccc(CCCCC)cc3)cc2)CCCCC1. The van der Waals surface area contributed by atoms with Gasteiger partial charge < -0.3 is 0 Å². The highest BCUT2D eigenvalue weighted by atomic mass is 14.4. The maximum atomic E-state index is 9.96. The Morgan fingerprint density at radius 2 is 1.28 bits per heavy atom. The minimum Gasteiger partial charge on any atom is -0.198 e. The van der Waals surface area contributed by atoms with Gasteiger partial charge >= 0.3 is 0 Å². The monoisotopic (exact) mass is 485 g/mol. The summed E-state index contributed by atoms with van der Waals surface area (Å²) in [6.45, 7) is 4.56. The number of aryl methyl sites for hydroxylation is 1. The van der Waals surface area contributed by atoms with Gasteiger partial charge in [0, 0.05) is 0 Å². The van der Waals surface area contributed by atoms with Crippen LogP contribution in [-0.4, -0.2) is 0 Å². The Morgan fingerprint density at radius 3 is 1.89 bits per heavy atom. The van der Waals surface area contributed by atoms with E-state index in [0.717, 1.165) is 12.8 Å². The largest absolute Gasteiger partial charge is 0.198 e. The van der Waals surface area contributed by atoms with Gasteiger partial charge in [0.25, 0.3) is 0 Å². The smallest absolute Gasteiger partial charge is 0.0659 e. The van der Waals surface area contributed by atoms with Crippen LogP contribution < -0.4 is 0 Å². The van der Waals surface area contributed by atoms with E-state index in [2.05, 4.69) is 68.4 Å². The van der Waals surface area contributed by atoms with Crippen molar-refractivity contribution in [1.29, 1.82) is 5.26 Å². The lowest BCUT2D eigenvalue weighted by molar-refractivity contribution is 0.143. The van der Waals surface area contributed by atoms with Gasteiger partial charge in [-0.15, -0.1) is 0 Å². The van der Waals surface area contributed by atoms with Crippen LogP contribution in [0.25, 0.3) is 11.1 Å². The van der Waals surface area contributed by atoms with Crippen molar-refractivity contribution in [3.8, 4) is 17.2 Å². The summed E-state index contributed by atoms with van der Waals surface area (Å²) in [5, 5.41) is 9.96. The van der Waals surface area contributed by atoms with E-state index in [-0.39, 0.29) is 5.92 Å². The van der Waals surface area contributed by atoms with E-state index in [9.17, 15) is 5.26 Å². The number of benzene rings is 2. The van der Waals surface area contributed by atoms with Crippen LogP contribution in [0, 0.1) is 22.7 Å². The van der Waals surface area contributed by atoms with Crippen LogP contribution in [-0.2, 0) is 12.8 Å². The number of nitriles is 1. The molecule has 0 bridgehead atoms. The number of rotatable bonds is 16. The average Bonchev–Trinajstić information content (AvgIpc) is 2.92. The van der Waals surface area contributed by atoms with E-state index in [4.69, 9.17) is 0 Å². The molecule has 1 aliphatic carbocycles. The molecule has 1 fully saturated rings. The van der Waals surface area contributed by atoms with Crippen molar-refractivity contribution in [1.82, 2.24) is 0 Å². The molecule has 0 heterocycles. The highest BCUT2D eigenvalue weighted by molar-refractivity contribution is 5.64. The number of unbranched alkanes of at least 4 members (excludes halogenated alkanes) is 6. The summed E-state index contributed by atoms with van der Waals surface area (Å²) in [6, 6.07) is 20.8. The fourth-order valence-corrected chi connectivity index (χ4v) is 6.28. The molecular formula is C35H51N. The number of nitrogens with zero attached hydrogens (tertiary/aromatic N) is 1. The third-order valence-corrected chi connectivity index (χ3v) is 8.72. The van der Waals surface area contributed by atoms with E-state index in [1.54, 1.807) is 0 Å². The second-order valence-electron chi connectivity index (χ2n) is 11.6. The van der Waals surface area contributed by atoms with Crippen molar-refractivity contribution >= 4 is 0 Å². The molecule has 1 unspecified atom stereocenters. The van der Waals surface area contributed by atoms with Crippen LogP contribution in [0.15, 0.2) is 48.5 Å². The molecule has 0 N–H and O–H groups in total. The van der Waals surface area contributed by atoms with Gasteiger partial charge in [0.2, 0.25) is 0 Å². The van der Waals surface area contributed by atoms with Gasteiger partial charge in [-0.1, -0.05) is 127 Å². The Labute approximate surface area is 222 Å². The summed E-state index contributed by atoms with van der Waals surface area (Å²) in [7, 11) is 0. The van der Waals surface area contributed by atoms with Crippen molar-refractivity contribution < 1.29 is 0 Å². The molecule has 1 saturated carbocycles. The first-order chi connectivity index (χ1) is 17.7. The predicted molar refractivity (Wildman–Crippen MR) is 156 cm³/mol. The summed E-state index contributed by atoms with van der Waals surface area (Å²) >= 11 is 0. The van der Waals surface area contributed by atoms with Crippen molar-refractivity contribution in [3.05, 3.63) is 59.7 Å². The highest BCUT2D eigenvalue weighted by Crippen LogP contribution is 2.45. The molecule has 1 heteroatoms. The Morgan fingerprint density at radius 1 is 0.694 bits per heavy atom. The van der Waals surface area contributed by atoms with Gasteiger partial charge in [-0.2, -0.15) is 5.26 Å². The lowest BCUT2D eigenvalue weighted by Gasteiger charge is -2.38. The molecule has 196 valence electrons. The van der Waals surface area contributed by atoms with Crippen molar-refractivity contribution in [2.24, 2.45) is 11.3 Å². The van der Waals surface area contributed by atoms with E-state index >= 15 is 0 Å². The predicted octanol–water partition coefficient (Wildman–Crippen LogP) is 10.9. The fourth-order valence-electron chi connectivity index (χ4n) is 6.28. The average molecular weight is 486 g/mol. The van der Waals surface area contributed by atoms with Crippen LogP contribution >= 0.6 is 0 Å². The van der Waals surface area contributed by atoms with Crippen LogP contribution in [0.2, 0.25) is 0 Å². The van der Waals surface area contributed by atoms with Crippen LogP contribution in [0.3, 0.4) is 0 Å². The normalized spacial score (nSPS) is 15.9. The van der Waals surface area contributed by atoms with Gasteiger partial charge in [0.05, 0.1) is 12.0 Å². The molecule has 1 aliphatic rings. The standard InChI is InChI=1S/C35H51N/c1-3-5-7-8-11-24-35(25-12-9-13-26-35)27-23-32(29-36)28-31-17-21-34(22-18-31)33-19-15-30(16-20-33)14-10-6-4-2/h15-22,32H,3-14,23-28H2,1-2H3. The van der Waals surface area contributed by atoms with Gasteiger partial charge in [0.15, 0.2) is 0 Å². The Bertz CT molecular complexity index is 880. The minimum atomic E-state index is 0.136. The Hall–Kier alpha value is -2.07. The molecule has 2 aromatic rings. The summed E-state index contributed by atoms with van der Waals surface area (Å²) in [4.78, 5) is 0. The first-order valence-corrected chi connectivity index (χ1v) is 15.3. The second-order valence-corrected chi connectivity index (χ2v) is 11.6. The zero-order valence-electron chi connectivity index (χ0n) is 23.4. The molecule has 0 aliphatic heterocycles. The summed E-state index contributed by atoms with van der Waals surface area (Å²) < 4.78 is 0. The molecule has 2 aromatic carbocycles. The lowest BCUT2D eigenvalue weighted by Crippen LogP contribution is -2.25. The molecule has 0 amide bonds. The fraction of sp³-hybridized carbons (Fsp3) is 0.629. The van der Waals surface area contributed by atoms with Crippen LogP contribution in [0.5, 0.6) is 0 Å². The Kier molecular flexibility index (Phi) is 12.6. The van der Waals surface area contributed by atoms with Crippen LogP contribution in [0.1, 0.15) is 128 Å². The Balaban J connectivity index is 1.51. The maximum Gasteiger partial charge on any atom is 0.0659 e. The lowest BCUT2D eigenvalue weighted by atomic mass is 9.67. The van der Waals surface area contributed by atoms with Crippen molar-refractivity contribution in [2.75, 3.05) is 0 Å². The number of hydrogen-bond acceptors (Lipinski definition) is 1. The van der Waals surface area contributed by atoms with Gasteiger partial charge in [0.1, 0.15) is 0 Å². The summed E-state index contributed by atoms with van der Waals surface area (Å²) in [5.74, 6) is 0.136. The zero-order valence-corrected chi connectivity index (χ0v) is 23.4. The van der Waals surface area contributed by atoms with E-state index in [0.29, 0.717) is 5.41 Å². The first-order valence-electron chi connectivity index (χ1n) is 15.3. The molecule has 36 heavy (non-hydrogen) atoms. The molecule has 1 atom stereocenters. The third kappa shape index (κ3) is 9.42. The van der Waals surface area contributed by atoms with Gasteiger partial charge in [-0.3, -0.25) is 0 Å². The highest BCUT2D eigenvalue weighted by Gasteiger charge is 2.31. The quantitative estimate of drug-likeness (QED) is 0.217. The molecule has 0 saturated heterocycles. The third-order valence-electron chi connectivity index (χ3n) is 8.72. The molecule has 0 radical (unpaired) electrons. The summed E-state index contributed by atoms with van der Waals surface area (Å²) in [5.41, 5.74) is 5.83. The van der Waals surface area contributed by atoms with Crippen molar-refractivity contribution in [2.45, 2.75) is 129 Å². The second kappa shape index (κ2) is 15.9. The van der Waals surface area contributed by atoms with Gasteiger partial charge in [-0.05, 0) is 79.0 Å². The molecule has 0 aromatic heterocycles. The van der Waals surface area contributed by atoms with Crippen LogP contribution in [0.4, 0.5) is 0 Å². The molecular weight excluding hydrogens is 434 g/mol. The van der Waals surface area contributed by atoms with Crippen molar-refractivity contribution in [3.63, 3.8) is 0 Å². The zero-order chi connectivity index (χ0) is 25.5. The van der Waals surface area contributed by atoms with E-state index in [1.165, 1.54) is 125 Å². The van der Waals surface area contributed by atoms with E-state index < -0.39 is 0 Å². The summed E-state index contributed by atoms with van der Waals surface area (Å²) in [6.07, 6.45) is 23.5. The van der Waals surface area contributed by atoms with Gasteiger partial charge in [-0.25, -0.2) is 0 Å².